The Labute approximate surface area is 180 Å². The molecule has 6 rings (SSSR count). The van der Waals surface area contributed by atoms with Crippen LogP contribution in [0.5, 0.6) is 0 Å². The van der Waals surface area contributed by atoms with Crippen molar-refractivity contribution >= 4 is 11.5 Å². The number of para-hydroxylation sites is 1. The molecule has 2 aliphatic carbocycles. The predicted molar refractivity (Wildman–Crippen MR) is 113 cm³/mol. The van der Waals surface area contributed by atoms with Crippen molar-refractivity contribution in [3.05, 3.63) is 52.4 Å². The van der Waals surface area contributed by atoms with Crippen molar-refractivity contribution in [1.29, 1.82) is 0 Å². The number of azo groups is 1. The lowest BCUT2D eigenvalue weighted by atomic mass is 9.59. The van der Waals surface area contributed by atoms with Crippen LogP contribution in [0.2, 0.25) is 0 Å². The van der Waals surface area contributed by atoms with E-state index in [9.17, 15) is 13.6 Å². The second kappa shape index (κ2) is 5.81. The fraction of sp³-hybridized carbons (Fsp3) is 0.542. The van der Waals surface area contributed by atoms with E-state index >= 15 is 0 Å². The summed E-state index contributed by atoms with van der Waals surface area (Å²) in [5.41, 5.74) is 4.64. The van der Waals surface area contributed by atoms with Crippen LogP contribution in [0.3, 0.4) is 0 Å². The number of alkyl halides is 2. The van der Waals surface area contributed by atoms with E-state index < -0.39 is 17.5 Å². The van der Waals surface area contributed by atoms with Gasteiger partial charge >= 0.3 is 0 Å². The van der Waals surface area contributed by atoms with Gasteiger partial charge in [0.2, 0.25) is 5.92 Å². The molecular weight excluding hydrogens is 398 g/mol. The smallest absolute Gasteiger partial charge is 0.249 e. The summed E-state index contributed by atoms with van der Waals surface area (Å²) >= 11 is 0. The second-order valence-electron chi connectivity index (χ2n) is 10.6. The van der Waals surface area contributed by atoms with Gasteiger partial charge in [-0.1, -0.05) is 32.0 Å². The average Bonchev–Trinajstić information content (AvgIpc) is 3.19. The van der Waals surface area contributed by atoms with Crippen LogP contribution in [0.1, 0.15) is 45.1 Å². The van der Waals surface area contributed by atoms with Crippen molar-refractivity contribution in [2.24, 2.45) is 21.6 Å². The molecule has 1 fully saturated rings. The summed E-state index contributed by atoms with van der Waals surface area (Å²) in [6.07, 6.45) is 0.446. The normalized spacial score (nSPS) is 32.7. The standard InChI is InChI=1S/C24H26F2N4O/c1-22(2)10-15-18(17(31)11-22)24(12-30(3)16-7-5-4-6-14(16)24)19-20(28-29-21(19)27-15)13-8-23(25,26)9-13/h4-7,13,21,27H,8-12H2,1-3H3/t21?,24-/m1/s1. The maximum Gasteiger partial charge on any atom is 0.249 e. The molecule has 0 radical (unpaired) electrons. The molecule has 7 heteroatoms. The molecule has 0 saturated heterocycles. The number of rotatable bonds is 1. The van der Waals surface area contributed by atoms with Gasteiger partial charge in [0.05, 0.1) is 11.1 Å². The van der Waals surface area contributed by atoms with Crippen molar-refractivity contribution in [3.8, 4) is 0 Å². The maximum absolute atomic E-state index is 13.8. The number of allylic oxidation sites excluding steroid dienone is 2. The SMILES string of the molecule is CN1C[C@]2(C3=C(CC(C)(C)CC3=O)NC3N=NC(C4CC(F)(F)C4)=C32)c2ccccc21. The fourth-order valence-electron chi connectivity index (χ4n) is 6.46. The van der Waals surface area contributed by atoms with E-state index in [2.05, 4.69) is 46.4 Å². The zero-order valence-corrected chi connectivity index (χ0v) is 18.0. The van der Waals surface area contributed by atoms with Gasteiger partial charge in [-0.05, 0) is 23.5 Å². The van der Waals surface area contributed by atoms with Crippen LogP contribution in [-0.4, -0.2) is 31.5 Å². The van der Waals surface area contributed by atoms with Crippen molar-refractivity contribution in [1.82, 2.24) is 5.32 Å². The third kappa shape index (κ3) is 2.49. The Morgan fingerprint density at radius 1 is 1.16 bits per heavy atom. The highest BCUT2D eigenvalue weighted by Gasteiger charge is 2.60. The Balaban J connectivity index is 1.62. The monoisotopic (exact) mass is 424 g/mol. The van der Waals surface area contributed by atoms with Crippen LogP contribution in [0.15, 0.2) is 57.0 Å². The van der Waals surface area contributed by atoms with Crippen LogP contribution >= 0.6 is 0 Å². The molecule has 5 aliphatic rings. The first-order chi connectivity index (χ1) is 14.6. The summed E-state index contributed by atoms with van der Waals surface area (Å²) in [5.74, 6) is -2.81. The van der Waals surface area contributed by atoms with Gasteiger partial charge in [-0.15, -0.1) is 0 Å². The molecule has 162 valence electrons. The highest BCUT2D eigenvalue weighted by Crippen LogP contribution is 2.60. The third-order valence-corrected chi connectivity index (χ3v) is 7.63. The molecular formula is C24H26F2N4O. The number of likely N-dealkylation sites (N-methyl/N-ethyl adjacent to an activating group) is 1. The molecule has 1 N–H and O–H groups in total. The number of anilines is 1. The van der Waals surface area contributed by atoms with Crippen molar-refractivity contribution in [2.75, 3.05) is 18.5 Å². The first-order valence-corrected chi connectivity index (χ1v) is 11.0. The highest BCUT2D eigenvalue weighted by molar-refractivity contribution is 6.03. The van der Waals surface area contributed by atoms with E-state index in [1.54, 1.807) is 0 Å². The number of carbonyl (C=O) groups excluding carboxylic acids is 1. The van der Waals surface area contributed by atoms with Gasteiger partial charge in [-0.3, -0.25) is 4.79 Å². The minimum Gasteiger partial charge on any atom is -0.373 e. The van der Waals surface area contributed by atoms with Gasteiger partial charge in [0.15, 0.2) is 11.9 Å². The Bertz CT molecular complexity index is 1110. The van der Waals surface area contributed by atoms with Crippen LogP contribution in [0.25, 0.3) is 0 Å². The molecule has 0 bridgehead atoms. The Morgan fingerprint density at radius 3 is 2.65 bits per heavy atom. The number of carbonyl (C=O) groups is 1. The Morgan fingerprint density at radius 2 is 1.90 bits per heavy atom. The van der Waals surface area contributed by atoms with Gasteiger partial charge in [0, 0.05) is 61.3 Å². The largest absolute Gasteiger partial charge is 0.373 e. The number of fused-ring (bicyclic) bond motifs is 5. The van der Waals surface area contributed by atoms with E-state index in [1.807, 2.05) is 19.2 Å². The van der Waals surface area contributed by atoms with Gasteiger partial charge in [0.25, 0.3) is 0 Å². The quantitative estimate of drug-likeness (QED) is 0.710. The molecule has 1 aromatic carbocycles. The lowest BCUT2D eigenvalue weighted by Gasteiger charge is -2.47. The van der Waals surface area contributed by atoms with Crippen LogP contribution in [-0.2, 0) is 10.2 Å². The minimum absolute atomic E-state index is 0.135. The average molecular weight is 424 g/mol. The number of benzene rings is 1. The zero-order valence-electron chi connectivity index (χ0n) is 18.0. The summed E-state index contributed by atoms with van der Waals surface area (Å²) in [6.45, 7) is 4.82. The topological polar surface area (TPSA) is 57.1 Å². The van der Waals surface area contributed by atoms with Crippen molar-refractivity contribution < 1.29 is 13.6 Å². The van der Waals surface area contributed by atoms with E-state index in [-0.39, 0.29) is 30.0 Å². The van der Waals surface area contributed by atoms with E-state index in [0.717, 1.165) is 34.5 Å². The summed E-state index contributed by atoms with van der Waals surface area (Å²) in [5, 5.41) is 12.4. The summed E-state index contributed by atoms with van der Waals surface area (Å²) in [6, 6.07) is 8.14. The number of hydrogen-bond donors (Lipinski definition) is 1. The molecule has 31 heavy (non-hydrogen) atoms. The number of hydrogen-bond acceptors (Lipinski definition) is 5. The van der Waals surface area contributed by atoms with Crippen molar-refractivity contribution in [3.63, 3.8) is 0 Å². The van der Waals surface area contributed by atoms with Crippen LogP contribution < -0.4 is 10.2 Å². The number of Topliss-reactive ketones (excluding diaryl/α,β-unsaturated/α-hetero) is 1. The van der Waals surface area contributed by atoms with Gasteiger partial charge in [-0.25, -0.2) is 8.78 Å². The fourth-order valence-corrected chi connectivity index (χ4v) is 6.46. The first-order valence-electron chi connectivity index (χ1n) is 11.0. The maximum atomic E-state index is 13.8. The van der Waals surface area contributed by atoms with Crippen molar-refractivity contribution in [2.45, 2.75) is 57.0 Å². The molecule has 1 aromatic rings. The number of halogens is 2. The molecule has 2 atom stereocenters. The molecule has 1 saturated carbocycles. The van der Waals surface area contributed by atoms with Gasteiger partial charge < -0.3 is 10.2 Å². The van der Waals surface area contributed by atoms with Gasteiger partial charge in [0.1, 0.15) is 0 Å². The molecule has 0 amide bonds. The molecule has 5 nitrogen and oxygen atoms in total. The summed E-state index contributed by atoms with van der Waals surface area (Å²) < 4.78 is 27.5. The summed E-state index contributed by atoms with van der Waals surface area (Å²) in [7, 11) is 2.03. The molecule has 3 heterocycles. The number of nitrogens with one attached hydrogen (secondary N) is 1. The number of nitrogens with zero attached hydrogens (tertiary/aromatic N) is 3. The van der Waals surface area contributed by atoms with E-state index in [1.165, 1.54) is 0 Å². The lowest BCUT2D eigenvalue weighted by molar-refractivity contribution is -0.119. The lowest BCUT2D eigenvalue weighted by Crippen LogP contribution is -2.54. The Hall–Kier alpha value is -2.57. The molecule has 1 spiro atoms. The zero-order chi connectivity index (χ0) is 21.8. The molecule has 0 aromatic heterocycles. The van der Waals surface area contributed by atoms with E-state index in [4.69, 9.17) is 0 Å². The second-order valence-corrected chi connectivity index (χ2v) is 10.6. The molecule has 3 aliphatic heterocycles. The van der Waals surface area contributed by atoms with Gasteiger partial charge in [-0.2, -0.15) is 10.2 Å². The first kappa shape index (κ1) is 19.1. The van der Waals surface area contributed by atoms with E-state index in [0.29, 0.717) is 18.7 Å². The van der Waals surface area contributed by atoms with Crippen LogP contribution in [0, 0.1) is 11.3 Å². The predicted octanol–water partition coefficient (Wildman–Crippen LogP) is 4.71. The van der Waals surface area contributed by atoms with Crippen LogP contribution in [0.4, 0.5) is 14.5 Å². The molecule has 1 unspecified atom stereocenters. The summed E-state index contributed by atoms with van der Waals surface area (Å²) in [4.78, 5) is 15.8. The number of ketones is 1. The Kier molecular flexibility index (Phi) is 3.59. The third-order valence-electron chi connectivity index (χ3n) is 7.63. The highest BCUT2D eigenvalue weighted by atomic mass is 19.3. The minimum atomic E-state index is -2.64.